The van der Waals surface area contributed by atoms with Crippen molar-refractivity contribution in [3.05, 3.63) is 59.7 Å². The lowest BCUT2D eigenvalue weighted by atomic mass is 10.2. The van der Waals surface area contributed by atoms with Gasteiger partial charge < -0.3 is 4.90 Å². The zero-order valence-electron chi connectivity index (χ0n) is 12.1. The fourth-order valence-corrected chi connectivity index (χ4v) is 2.65. The molecule has 0 radical (unpaired) electrons. The average molecular weight is 275 g/mol. The predicted molar refractivity (Wildman–Crippen MR) is 86.0 cm³/mol. The summed E-state index contributed by atoms with van der Waals surface area (Å²) in [6.07, 6.45) is 2.05. The van der Waals surface area contributed by atoms with E-state index in [0.717, 1.165) is 30.9 Å². The third kappa shape index (κ3) is 2.80. The Morgan fingerprint density at radius 1 is 1.14 bits per heavy atom. The molecule has 1 aliphatic rings. The molecule has 2 aromatic rings. The minimum Gasteiger partial charge on any atom is -0.330 e. The van der Waals surface area contributed by atoms with Gasteiger partial charge in [0, 0.05) is 18.7 Å². The Morgan fingerprint density at radius 2 is 2.00 bits per heavy atom. The Bertz CT molecular complexity index is 725. The van der Waals surface area contributed by atoms with E-state index in [1.54, 1.807) is 0 Å². The van der Waals surface area contributed by atoms with Gasteiger partial charge in [0.25, 0.3) is 0 Å². The van der Waals surface area contributed by atoms with Gasteiger partial charge in [-0.1, -0.05) is 24.3 Å². The third-order valence-electron chi connectivity index (χ3n) is 3.68. The summed E-state index contributed by atoms with van der Waals surface area (Å²) in [5.41, 5.74) is 3.81. The largest absolute Gasteiger partial charge is 0.330 e. The lowest BCUT2D eigenvalue weighted by molar-refractivity contribution is 0.956. The van der Waals surface area contributed by atoms with Crippen LogP contribution < -0.4 is 4.90 Å². The summed E-state index contributed by atoms with van der Waals surface area (Å²) in [7, 11) is 0. The molecule has 1 heterocycles. The van der Waals surface area contributed by atoms with Crippen LogP contribution in [0.15, 0.2) is 53.5 Å². The van der Waals surface area contributed by atoms with Crippen molar-refractivity contribution in [2.75, 3.05) is 11.4 Å². The molecule has 1 fully saturated rings. The van der Waals surface area contributed by atoms with E-state index in [4.69, 9.17) is 4.99 Å². The van der Waals surface area contributed by atoms with E-state index < -0.39 is 0 Å². The maximum absolute atomic E-state index is 9.18. The zero-order valence-corrected chi connectivity index (χ0v) is 12.1. The van der Waals surface area contributed by atoms with Crippen LogP contribution in [0.3, 0.4) is 0 Å². The van der Waals surface area contributed by atoms with Gasteiger partial charge >= 0.3 is 0 Å². The summed E-state index contributed by atoms with van der Waals surface area (Å²) in [6.45, 7) is 3.08. The highest BCUT2D eigenvalue weighted by molar-refractivity contribution is 6.01. The van der Waals surface area contributed by atoms with Crippen LogP contribution in [0.4, 0.5) is 11.4 Å². The van der Waals surface area contributed by atoms with Crippen molar-refractivity contribution in [2.24, 2.45) is 4.99 Å². The van der Waals surface area contributed by atoms with Crippen LogP contribution in [0.25, 0.3) is 0 Å². The van der Waals surface area contributed by atoms with Crippen LogP contribution in [0.1, 0.15) is 24.0 Å². The lowest BCUT2D eigenvalue weighted by Crippen LogP contribution is -2.24. The first-order chi connectivity index (χ1) is 10.3. The van der Waals surface area contributed by atoms with Gasteiger partial charge in [-0.15, -0.1) is 0 Å². The van der Waals surface area contributed by atoms with Crippen molar-refractivity contribution < 1.29 is 0 Å². The van der Waals surface area contributed by atoms with Crippen molar-refractivity contribution in [3.8, 4) is 6.07 Å². The number of benzene rings is 2. The minimum atomic E-state index is 0.626. The van der Waals surface area contributed by atoms with Crippen LogP contribution >= 0.6 is 0 Å². The zero-order chi connectivity index (χ0) is 14.7. The monoisotopic (exact) mass is 275 g/mol. The number of aliphatic imine (C=N–C) groups is 1. The Morgan fingerprint density at radius 3 is 2.81 bits per heavy atom. The Labute approximate surface area is 125 Å². The standard InChI is InChI=1S/C18H17N3/c1-14-6-4-8-16(12-14)21-11-5-10-18(21)20-17-9-3-2-7-15(17)13-19/h2-4,6-9,12H,5,10-11H2,1H3. The molecule has 21 heavy (non-hydrogen) atoms. The highest BCUT2D eigenvalue weighted by Crippen LogP contribution is 2.26. The Balaban J connectivity index is 1.98. The highest BCUT2D eigenvalue weighted by atomic mass is 15.2. The van der Waals surface area contributed by atoms with E-state index in [9.17, 15) is 5.26 Å². The number of aryl methyl sites for hydroxylation is 1. The molecule has 104 valence electrons. The number of nitriles is 1. The van der Waals surface area contributed by atoms with E-state index in [-0.39, 0.29) is 0 Å². The molecule has 0 saturated carbocycles. The maximum Gasteiger partial charge on any atom is 0.109 e. The summed E-state index contributed by atoms with van der Waals surface area (Å²) in [6, 6.07) is 18.2. The second-order valence-corrected chi connectivity index (χ2v) is 5.25. The number of hydrogen-bond acceptors (Lipinski definition) is 2. The van der Waals surface area contributed by atoms with E-state index >= 15 is 0 Å². The Kier molecular flexibility index (Phi) is 3.70. The number of hydrogen-bond donors (Lipinski definition) is 0. The van der Waals surface area contributed by atoms with Crippen LogP contribution in [-0.4, -0.2) is 12.4 Å². The van der Waals surface area contributed by atoms with Crippen molar-refractivity contribution in [3.63, 3.8) is 0 Å². The van der Waals surface area contributed by atoms with E-state index in [2.05, 4.69) is 42.2 Å². The lowest BCUT2D eigenvalue weighted by Gasteiger charge is -2.19. The molecule has 0 aliphatic carbocycles. The van der Waals surface area contributed by atoms with Crippen molar-refractivity contribution >= 4 is 17.2 Å². The molecule has 0 unspecified atom stereocenters. The van der Waals surface area contributed by atoms with Crippen LogP contribution in [-0.2, 0) is 0 Å². The molecule has 1 saturated heterocycles. The fourth-order valence-electron chi connectivity index (χ4n) is 2.65. The normalized spacial score (nSPS) is 16.2. The maximum atomic E-state index is 9.18. The molecule has 2 aromatic carbocycles. The molecular weight excluding hydrogens is 258 g/mol. The molecule has 3 heteroatoms. The third-order valence-corrected chi connectivity index (χ3v) is 3.68. The van der Waals surface area contributed by atoms with Gasteiger partial charge in [-0.3, -0.25) is 0 Å². The van der Waals surface area contributed by atoms with Gasteiger partial charge in [0.2, 0.25) is 0 Å². The second kappa shape index (κ2) is 5.80. The first kappa shape index (κ1) is 13.4. The topological polar surface area (TPSA) is 39.4 Å². The number of para-hydroxylation sites is 1. The quantitative estimate of drug-likeness (QED) is 0.824. The van der Waals surface area contributed by atoms with Crippen LogP contribution in [0.2, 0.25) is 0 Å². The van der Waals surface area contributed by atoms with E-state index in [1.807, 2.05) is 24.3 Å². The summed E-state index contributed by atoms with van der Waals surface area (Å²) in [5, 5.41) is 9.18. The summed E-state index contributed by atoms with van der Waals surface area (Å²) >= 11 is 0. The highest BCUT2D eigenvalue weighted by Gasteiger charge is 2.20. The fraction of sp³-hybridized carbons (Fsp3) is 0.222. The first-order valence-electron chi connectivity index (χ1n) is 7.19. The van der Waals surface area contributed by atoms with Crippen molar-refractivity contribution in [2.45, 2.75) is 19.8 Å². The average Bonchev–Trinajstić information content (AvgIpc) is 2.96. The predicted octanol–water partition coefficient (Wildman–Crippen LogP) is 4.20. The summed E-state index contributed by atoms with van der Waals surface area (Å²) in [5.74, 6) is 1.04. The minimum absolute atomic E-state index is 0.626. The van der Waals surface area contributed by atoms with Gasteiger partial charge in [0.15, 0.2) is 0 Å². The molecule has 3 nitrogen and oxygen atoms in total. The number of nitrogens with zero attached hydrogens (tertiary/aromatic N) is 3. The molecule has 0 spiro atoms. The molecule has 3 rings (SSSR count). The second-order valence-electron chi connectivity index (χ2n) is 5.25. The number of rotatable bonds is 2. The van der Waals surface area contributed by atoms with Gasteiger partial charge in [0.1, 0.15) is 11.9 Å². The molecule has 0 aromatic heterocycles. The Hall–Kier alpha value is -2.60. The van der Waals surface area contributed by atoms with Crippen LogP contribution in [0, 0.1) is 18.3 Å². The number of amidine groups is 1. The van der Waals surface area contributed by atoms with E-state index in [0.29, 0.717) is 5.56 Å². The summed E-state index contributed by atoms with van der Waals surface area (Å²) < 4.78 is 0. The molecule has 0 N–H and O–H groups in total. The van der Waals surface area contributed by atoms with Crippen LogP contribution in [0.5, 0.6) is 0 Å². The molecule has 0 atom stereocenters. The van der Waals surface area contributed by atoms with Gasteiger partial charge in [-0.25, -0.2) is 4.99 Å². The van der Waals surface area contributed by atoms with Gasteiger partial charge in [0.05, 0.1) is 11.3 Å². The van der Waals surface area contributed by atoms with E-state index in [1.165, 1.54) is 11.3 Å². The van der Waals surface area contributed by atoms with Gasteiger partial charge in [-0.2, -0.15) is 5.26 Å². The SMILES string of the molecule is Cc1cccc(N2CCCC2=Nc2ccccc2C#N)c1. The van der Waals surface area contributed by atoms with Gasteiger partial charge in [-0.05, 0) is 43.2 Å². The molecule has 0 amide bonds. The summed E-state index contributed by atoms with van der Waals surface area (Å²) in [4.78, 5) is 6.99. The smallest absolute Gasteiger partial charge is 0.109 e. The number of anilines is 1. The van der Waals surface area contributed by atoms with Crippen molar-refractivity contribution in [1.82, 2.24) is 0 Å². The van der Waals surface area contributed by atoms with Crippen molar-refractivity contribution in [1.29, 1.82) is 5.26 Å². The molecule has 0 bridgehead atoms. The first-order valence-corrected chi connectivity index (χ1v) is 7.19. The molecular formula is C18H17N3. The molecule has 1 aliphatic heterocycles.